The summed E-state index contributed by atoms with van der Waals surface area (Å²) in [5, 5.41) is 0. The number of ether oxygens (including phenoxy) is 2. The molecule has 0 aromatic heterocycles. The lowest BCUT2D eigenvalue weighted by atomic mass is 10.1. The maximum absolute atomic E-state index is 12.6. The van der Waals surface area contributed by atoms with Gasteiger partial charge in [0.2, 0.25) is 0 Å². The van der Waals surface area contributed by atoms with E-state index in [4.69, 9.17) is 24.3 Å². The van der Waals surface area contributed by atoms with E-state index in [1.54, 1.807) is 0 Å². The first-order valence-corrected chi connectivity index (χ1v) is 22.6. The number of allylic oxidation sites excluding steroid dienone is 14. The van der Waals surface area contributed by atoms with Crippen molar-refractivity contribution in [2.24, 2.45) is 5.73 Å². The number of hydrogen-bond acceptors (Lipinski definition) is 8. The maximum atomic E-state index is 12.6. The highest BCUT2D eigenvalue weighted by molar-refractivity contribution is 7.47. The van der Waals surface area contributed by atoms with Crippen LogP contribution < -0.4 is 5.73 Å². The van der Waals surface area contributed by atoms with Crippen LogP contribution in [0.5, 0.6) is 0 Å². The van der Waals surface area contributed by atoms with E-state index in [-0.39, 0.29) is 32.6 Å². The molecule has 2 atom stereocenters. The van der Waals surface area contributed by atoms with Gasteiger partial charge in [-0.1, -0.05) is 137 Å². The number of rotatable bonds is 38. The highest BCUT2D eigenvalue weighted by Gasteiger charge is 2.25. The van der Waals surface area contributed by atoms with Crippen LogP contribution in [0.4, 0.5) is 0 Å². The zero-order valence-electron chi connectivity index (χ0n) is 34.4. The van der Waals surface area contributed by atoms with Gasteiger partial charge in [-0.15, -0.1) is 0 Å². The molecule has 9 nitrogen and oxygen atoms in total. The first-order chi connectivity index (χ1) is 26.8. The Hall–Kier alpha value is -2.81. The van der Waals surface area contributed by atoms with E-state index >= 15 is 0 Å². The van der Waals surface area contributed by atoms with Crippen LogP contribution in [-0.4, -0.2) is 49.3 Å². The van der Waals surface area contributed by atoms with Crippen LogP contribution >= 0.6 is 7.82 Å². The molecule has 0 rings (SSSR count). The van der Waals surface area contributed by atoms with E-state index in [0.29, 0.717) is 12.8 Å². The van der Waals surface area contributed by atoms with Gasteiger partial charge in [0.25, 0.3) is 0 Å². The molecule has 0 spiro atoms. The van der Waals surface area contributed by atoms with Crippen LogP contribution in [-0.2, 0) is 32.7 Å². The van der Waals surface area contributed by atoms with Gasteiger partial charge in [0, 0.05) is 19.4 Å². The molecule has 0 heterocycles. The molecule has 314 valence electrons. The molecule has 0 amide bonds. The van der Waals surface area contributed by atoms with Gasteiger partial charge in [0.1, 0.15) is 6.61 Å². The highest BCUT2D eigenvalue weighted by atomic mass is 31.2. The van der Waals surface area contributed by atoms with Crippen molar-refractivity contribution in [1.29, 1.82) is 0 Å². The van der Waals surface area contributed by atoms with Crippen molar-refractivity contribution in [3.05, 3.63) is 85.1 Å². The fraction of sp³-hybridized carbons (Fsp3) is 0.644. The summed E-state index contributed by atoms with van der Waals surface area (Å²) in [6.45, 7) is 3.51. The van der Waals surface area contributed by atoms with Crippen LogP contribution in [0.3, 0.4) is 0 Å². The second-order valence-corrected chi connectivity index (χ2v) is 14.9. The van der Waals surface area contributed by atoms with Crippen molar-refractivity contribution < 1.29 is 37.6 Å². The third-order valence-electron chi connectivity index (χ3n) is 8.27. The number of carbonyl (C=O) groups is 2. The lowest BCUT2D eigenvalue weighted by Crippen LogP contribution is -2.29. The molecule has 0 aliphatic rings. The van der Waals surface area contributed by atoms with Gasteiger partial charge < -0.3 is 20.1 Å². The fourth-order valence-electron chi connectivity index (χ4n) is 5.16. The Morgan fingerprint density at radius 1 is 0.564 bits per heavy atom. The molecular formula is C45H76NO8P. The quantitative estimate of drug-likeness (QED) is 0.0271. The van der Waals surface area contributed by atoms with Gasteiger partial charge in [-0.25, -0.2) is 4.57 Å². The van der Waals surface area contributed by atoms with Gasteiger partial charge in [-0.05, 0) is 89.9 Å². The van der Waals surface area contributed by atoms with Crippen molar-refractivity contribution in [3.8, 4) is 0 Å². The summed E-state index contributed by atoms with van der Waals surface area (Å²) in [5.41, 5.74) is 5.34. The number of unbranched alkanes of at least 4 members (excludes halogenated alkanes) is 11. The van der Waals surface area contributed by atoms with Gasteiger partial charge in [0.15, 0.2) is 6.10 Å². The van der Waals surface area contributed by atoms with Crippen molar-refractivity contribution in [2.75, 3.05) is 26.4 Å². The Labute approximate surface area is 334 Å². The predicted molar refractivity (Wildman–Crippen MR) is 229 cm³/mol. The van der Waals surface area contributed by atoms with Crippen LogP contribution in [0.15, 0.2) is 85.1 Å². The Morgan fingerprint density at radius 2 is 1.00 bits per heavy atom. The van der Waals surface area contributed by atoms with Gasteiger partial charge in [0.05, 0.1) is 13.2 Å². The summed E-state index contributed by atoms with van der Waals surface area (Å²) in [4.78, 5) is 34.8. The molecule has 0 aliphatic carbocycles. The highest BCUT2D eigenvalue weighted by Crippen LogP contribution is 2.43. The molecular weight excluding hydrogens is 713 g/mol. The summed E-state index contributed by atoms with van der Waals surface area (Å²) < 4.78 is 32.7. The Balaban J connectivity index is 4.28. The second-order valence-electron chi connectivity index (χ2n) is 13.5. The minimum atomic E-state index is -4.39. The predicted octanol–water partition coefficient (Wildman–Crippen LogP) is 12.0. The number of phosphoric ester groups is 1. The normalized spacial score (nSPS) is 14.2. The zero-order valence-corrected chi connectivity index (χ0v) is 35.3. The summed E-state index contributed by atoms with van der Waals surface area (Å²) in [7, 11) is -4.39. The van der Waals surface area contributed by atoms with Gasteiger partial charge >= 0.3 is 19.8 Å². The summed E-state index contributed by atoms with van der Waals surface area (Å²) >= 11 is 0. The van der Waals surface area contributed by atoms with Crippen molar-refractivity contribution in [1.82, 2.24) is 0 Å². The third-order valence-corrected chi connectivity index (χ3v) is 9.25. The molecule has 0 aromatic carbocycles. The monoisotopic (exact) mass is 790 g/mol. The van der Waals surface area contributed by atoms with E-state index in [1.165, 1.54) is 25.7 Å². The number of hydrogen-bond donors (Lipinski definition) is 2. The van der Waals surface area contributed by atoms with Crippen molar-refractivity contribution in [3.63, 3.8) is 0 Å². The SMILES string of the molecule is CC/C=C/C/C=C/C/C=C/CCCCCCCC(=O)O[C@H](COC(=O)CCCCC/C=C/C/C=C/C/C=C/C/C=C/CCCCC)COP(=O)(O)OCCN. The Bertz CT molecular complexity index is 1170. The number of phosphoric acid groups is 1. The lowest BCUT2D eigenvalue weighted by Gasteiger charge is -2.19. The molecule has 0 aliphatic heterocycles. The van der Waals surface area contributed by atoms with E-state index in [9.17, 15) is 19.0 Å². The topological polar surface area (TPSA) is 134 Å². The average Bonchev–Trinajstić information content (AvgIpc) is 3.17. The van der Waals surface area contributed by atoms with Crippen LogP contribution in [0.25, 0.3) is 0 Å². The molecule has 0 aromatic rings. The molecule has 3 N–H and O–H groups in total. The minimum absolute atomic E-state index is 0.0409. The molecule has 0 fully saturated rings. The average molecular weight is 790 g/mol. The minimum Gasteiger partial charge on any atom is -0.462 e. The first-order valence-electron chi connectivity index (χ1n) is 21.1. The largest absolute Gasteiger partial charge is 0.472 e. The zero-order chi connectivity index (χ0) is 40.3. The van der Waals surface area contributed by atoms with Gasteiger partial charge in [-0.3, -0.25) is 18.6 Å². The van der Waals surface area contributed by atoms with Crippen LogP contribution in [0.2, 0.25) is 0 Å². The first kappa shape index (κ1) is 52.2. The van der Waals surface area contributed by atoms with E-state index < -0.39 is 32.5 Å². The lowest BCUT2D eigenvalue weighted by molar-refractivity contribution is -0.161. The number of nitrogens with two attached hydrogens (primary N) is 1. The fourth-order valence-corrected chi connectivity index (χ4v) is 5.92. The molecule has 0 bridgehead atoms. The standard InChI is InChI=1S/C45H76NO8P/c1-3-5-7-9-11-13-15-17-19-20-21-22-24-25-27-29-31-33-35-37-44(47)51-41-43(42-53-55(49,50)52-40-39-46)54-45(48)38-36-34-32-30-28-26-23-18-16-14-12-10-8-6-4-2/h6,8,11-14,17-19,21-23,25,27,43H,3-5,7,9-10,15-16,20,24,26,28-42,46H2,1-2H3,(H,49,50)/b8-6+,13-11+,14-12+,19-17+,22-21+,23-18+,27-25+/t43-/m1/s1. The Morgan fingerprint density at radius 3 is 1.51 bits per heavy atom. The smallest absolute Gasteiger partial charge is 0.462 e. The van der Waals surface area contributed by atoms with E-state index in [1.807, 2.05) is 0 Å². The molecule has 55 heavy (non-hydrogen) atoms. The number of esters is 2. The summed E-state index contributed by atoms with van der Waals surface area (Å²) in [5.74, 6) is -0.894. The van der Waals surface area contributed by atoms with Crippen LogP contribution in [0.1, 0.15) is 155 Å². The van der Waals surface area contributed by atoms with Crippen molar-refractivity contribution in [2.45, 2.75) is 161 Å². The number of carbonyl (C=O) groups excluding carboxylic acids is 2. The molecule has 0 saturated heterocycles. The van der Waals surface area contributed by atoms with Crippen LogP contribution in [0, 0.1) is 0 Å². The van der Waals surface area contributed by atoms with E-state index in [0.717, 1.165) is 89.9 Å². The third kappa shape index (κ3) is 40.7. The molecule has 0 radical (unpaired) electrons. The van der Waals surface area contributed by atoms with Crippen molar-refractivity contribution >= 4 is 19.8 Å². The molecule has 10 heteroatoms. The van der Waals surface area contributed by atoms with Gasteiger partial charge in [-0.2, -0.15) is 0 Å². The van der Waals surface area contributed by atoms with E-state index in [2.05, 4.69) is 98.9 Å². The summed E-state index contributed by atoms with van der Waals surface area (Å²) in [6.07, 6.45) is 50.4. The summed E-state index contributed by atoms with van der Waals surface area (Å²) in [6, 6.07) is 0. The second kappa shape index (κ2) is 40.8. The maximum Gasteiger partial charge on any atom is 0.472 e. The molecule has 1 unspecified atom stereocenters. The Kier molecular flexibility index (Phi) is 38.8. The molecule has 0 saturated carbocycles.